The van der Waals surface area contributed by atoms with Gasteiger partial charge >= 0.3 is 0 Å². The van der Waals surface area contributed by atoms with Gasteiger partial charge in [0.25, 0.3) is 11.5 Å². The van der Waals surface area contributed by atoms with E-state index in [4.69, 9.17) is 4.74 Å². The second-order valence-corrected chi connectivity index (χ2v) is 9.27. The van der Waals surface area contributed by atoms with E-state index in [-0.39, 0.29) is 11.5 Å². The fraction of sp³-hybridized carbons (Fsp3) is 0.321. The maximum atomic E-state index is 13.7. The van der Waals surface area contributed by atoms with Crippen molar-refractivity contribution >= 4 is 5.91 Å². The lowest BCUT2D eigenvalue weighted by atomic mass is 10.1. The van der Waals surface area contributed by atoms with E-state index in [1.165, 1.54) is 15.8 Å². The second kappa shape index (κ2) is 10.5. The van der Waals surface area contributed by atoms with Crippen LogP contribution in [-0.4, -0.2) is 70.0 Å². The molecule has 5 rings (SSSR count). The Kier molecular flexibility index (Phi) is 6.97. The van der Waals surface area contributed by atoms with E-state index in [1.54, 1.807) is 19.5 Å². The van der Waals surface area contributed by atoms with Crippen molar-refractivity contribution in [3.63, 3.8) is 0 Å². The number of carbonyl (C=O) groups excluding carboxylic acids is 1. The van der Waals surface area contributed by atoms with Crippen molar-refractivity contribution < 1.29 is 9.53 Å². The lowest BCUT2D eigenvalue weighted by Gasteiger charge is -2.35. The van der Waals surface area contributed by atoms with Gasteiger partial charge in [-0.3, -0.25) is 14.5 Å². The molecule has 1 fully saturated rings. The Morgan fingerprint density at radius 1 is 0.972 bits per heavy atom. The maximum absolute atomic E-state index is 13.7. The van der Waals surface area contributed by atoms with Crippen LogP contribution in [0.1, 0.15) is 21.5 Å². The molecule has 3 aliphatic rings. The van der Waals surface area contributed by atoms with Crippen LogP contribution in [0.2, 0.25) is 0 Å². The number of benzene rings is 2. The van der Waals surface area contributed by atoms with Gasteiger partial charge in [0.05, 0.1) is 23.4 Å². The molecule has 3 aliphatic heterocycles. The number of aryl methyl sites for hydroxylation is 1. The maximum Gasteiger partial charge on any atom is 0.282 e. The Bertz CT molecular complexity index is 1350. The number of piperazine rings is 1. The minimum absolute atomic E-state index is 0.0977. The highest BCUT2D eigenvalue weighted by molar-refractivity contribution is 6.00. The van der Waals surface area contributed by atoms with Crippen LogP contribution >= 0.6 is 0 Å². The predicted molar refractivity (Wildman–Crippen MR) is 139 cm³/mol. The zero-order valence-electron chi connectivity index (χ0n) is 20.8. The molecule has 0 radical (unpaired) electrons. The van der Waals surface area contributed by atoms with Crippen molar-refractivity contribution in [2.24, 2.45) is 0 Å². The molecule has 186 valence electrons. The Morgan fingerprint density at radius 3 is 2.39 bits per heavy atom. The lowest BCUT2D eigenvalue weighted by Crippen LogP contribution is -2.48. The molecule has 0 bridgehead atoms. The van der Waals surface area contributed by atoms with E-state index in [0.29, 0.717) is 48.7 Å². The molecule has 1 amide bonds. The van der Waals surface area contributed by atoms with E-state index < -0.39 is 0 Å². The molecule has 8 heteroatoms. The minimum atomic E-state index is -0.236. The number of methoxy groups -OCH3 is 1. The Hall–Kier alpha value is -3.75. The number of pyridine rings is 1. The van der Waals surface area contributed by atoms with Crippen LogP contribution in [0.25, 0.3) is 16.9 Å². The molecule has 2 aromatic carbocycles. The van der Waals surface area contributed by atoms with Crippen LogP contribution in [-0.2, 0) is 17.8 Å². The van der Waals surface area contributed by atoms with E-state index >= 15 is 0 Å². The van der Waals surface area contributed by atoms with Gasteiger partial charge in [-0.25, -0.2) is 0 Å². The molecule has 0 aromatic heterocycles. The molecule has 0 aliphatic carbocycles. The quantitative estimate of drug-likeness (QED) is 0.402. The molecule has 36 heavy (non-hydrogen) atoms. The highest BCUT2D eigenvalue weighted by Gasteiger charge is 2.29. The van der Waals surface area contributed by atoms with Gasteiger partial charge in [0.1, 0.15) is 5.69 Å². The van der Waals surface area contributed by atoms with Gasteiger partial charge in [-0.15, -0.1) is 0 Å². The highest BCUT2D eigenvalue weighted by atomic mass is 16.5. The number of carbonyl (C=O) groups is 1. The topological polar surface area (TPSA) is 72.6 Å². The number of amides is 1. The number of fused-ring (bicyclic) bond motifs is 1. The third kappa shape index (κ3) is 4.96. The van der Waals surface area contributed by atoms with Crippen molar-refractivity contribution in [1.29, 1.82) is 0 Å². The summed E-state index contributed by atoms with van der Waals surface area (Å²) >= 11 is 0. The first-order valence-electron chi connectivity index (χ1n) is 12.3. The predicted octanol–water partition coefficient (Wildman–Crippen LogP) is 3.05. The number of ether oxygens (including phenoxy) is 1. The summed E-state index contributed by atoms with van der Waals surface area (Å²) in [6, 6.07) is 17.9. The average molecular weight is 486 g/mol. The molecular weight excluding hydrogens is 454 g/mol. The van der Waals surface area contributed by atoms with Crippen LogP contribution in [0.4, 0.5) is 0 Å². The molecule has 1 saturated heterocycles. The smallest absolute Gasteiger partial charge is 0.282 e. The Labute approximate surface area is 210 Å². The molecule has 0 atom stereocenters. The van der Waals surface area contributed by atoms with Gasteiger partial charge in [0, 0.05) is 58.8 Å². The first kappa shape index (κ1) is 24.0. The van der Waals surface area contributed by atoms with Gasteiger partial charge in [-0.1, -0.05) is 48.0 Å². The van der Waals surface area contributed by atoms with Crippen molar-refractivity contribution in [2.75, 3.05) is 39.9 Å². The minimum Gasteiger partial charge on any atom is -0.383 e. The summed E-state index contributed by atoms with van der Waals surface area (Å²) in [6.45, 7) is 6.82. The van der Waals surface area contributed by atoms with Crippen molar-refractivity contribution in [3.8, 4) is 16.9 Å². The van der Waals surface area contributed by atoms with Crippen LogP contribution in [0.5, 0.6) is 0 Å². The number of rotatable bonds is 7. The summed E-state index contributed by atoms with van der Waals surface area (Å²) in [5.74, 6) is -0.0977. The lowest BCUT2D eigenvalue weighted by molar-refractivity contribution is 0.0627. The van der Waals surface area contributed by atoms with Crippen molar-refractivity contribution in [1.82, 2.24) is 24.1 Å². The van der Waals surface area contributed by atoms with Gasteiger partial charge in [-0.2, -0.15) is 9.78 Å². The van der Waals surface area contributed by atoms with E-state index in [0.717, 1.165) is 19.6 Å². The van der Waals surface area contributed by atoms with Gasteiger partial charge in [-0.05, 0) is 24.6 Å². The van der Waals surface area contributed by atoms with E-state index in [1.807, 2.05) is 39.8 Å². The molecule has 0 unspecified atom stereocenters. The molecule has 0 N–H and O–H groups in total. The zero-order chi connectivity index (χ0) is 25.1. The van der Waals surface area contributed by atoms with E-state index in [9.17, 15) is 9.59 Å². The van der Waals surface area contributed by atoms with Crippen LogP contribution in [0.15, 0.2) is 71.8 Å². The summed E-state index contributed by atoms with van der Waals surface area (Å²) in [6.07, 6.45) is 3.56. The number of hydrogen-bond acceptors (Lipinski definition) is 5. The normalized spacial score (nSPS) is 14.4. The number of aromatic nitrogens is 3. The summed E-state index contributed by atoms with van der Waals surface area (Å²) in [4.78, 5) is 31.2. The molecule has 8 nitrogen and oxygen atoms in total. The summed E-state index contributed by atoms with van der Waals surface area (Å²) in [7, 11) is 1.63. The monoisotopic (exact) mass is 485 g/mol. The second-order valence-electron chi connectivity index (χ2n) is 9.27. The average Bonchev–Trinajstić information content (AvgIpc) is 3.25. The van der Waals surface area contributed by atoms with Gasteiger partial charge < -0.3 is 14.2 Å². The SMILES string of the molecule is COCCn1cc(C(=O)N2CCN(Cc3ccc(C)cc3)CC2)c2nn(-c3ccccc3)c(=O)c-2c1. The third-order valence-electron chi connectivity index (χ3n) is 6.69. The molecular formula is C28H31N5O3. The fourth-order valence-corrected chi connectivity index (χ4v) is 4.62. The standard InChI is InChI=1S/C28H31N5O3/c1-21-8-10-22(11-9-21)18-30-12-14-32(15-13-30)27(34)24-19-31(16-17-36-2)20-25-26(24)29-33(28(25)35)23-6-4-3-5-7-23/h3-11,19-20H,12-18H2,1-2H3. The van der Waals surface area contributed by atoms with E-state index in [2.05, 4.69) is 41.2 Å². The first-order chi connectivity index (χ1) is 17.5. The van der Waals surface area contributed by atoms with Crippen molar-refractivity contribution in [3.05, 3.63) is 94.0 Å². The van der Waals surface area contributed by atoms with Crippen LogP contribution in [0, 0.1) is 6.92 Å². The largest absolute Gasteiger partial charge is 0.383 e. The van der Waals surface area contributed by atoms with Gasteiger partial charge in [0.2, 0.25) is 0 Å². The number of hydrogen-bond donors (Lipinski definition) is 0. The Balaban J connectivity index is 1.40. The van der Waals surface area contributed by atoms with Crippen LogP contribution in [0.3, 0.4) is 0 Å². The third-order valence-corrected chi connectivity index (χ3v) is 6.69. The first-order valence-corrected chi connectivity index (χ1v) is 12.3. The highest BCUT2D eigenvalue weighted by Crippen LogP contribution is 2.24. The molecule has 2 aromatic rings. The zero-order valence-corrected chi connectivity index (χ0v) is 20.8. The molecule has 0 saturated carbocycles. The molecule has 3 heterocycles. The fourth-order valence-electron chi connectivity index (χ4n) is 4.62. The summed E-state index contributed by atoms with van der Waals surface area (Å²) in [5, 5.41) is 4.60. The van der Waals surface area contributed by atoms with Crippen molar-refractivity contribution in [2.45, 2.75) is 20.0 Å². The van der Waals surface area contributed by atoms with Gasteiger partial charge in [0.15, 0.2) is 0 Å². The van der Waals surface area contributed by atoms with Crippen LogP contribution < -0.4 is 5.56 Å². The summed E-state index contributed by atoms with van der Waals surface area (Å²) < 4.78 is 8.45. The number of nitrogens with zero attached hydrogens (tertiary/aromatic N) is 5. The molecule has 0 spiro atoms. The summed E-state index contributed by atoms with van der Waals surface area (Å²) in [5.41, 5.74) is 4.27. The number of para-hydroxylation sites is 1. The Morgan fingerprint density at radius 2 is 1.69 bits per heavy atom.